The van der Waals surface area contributed by atoms with Crippen LogP contribution < -0.4 is 5.73 Å². The van der Waals surface area contributed by atoms with Gasteiger partial charge in [-0.15, -0.1) is 6.58 Å². The first kappa shape index (κ1) is 13.7. The average Bonchev–Trinajstić information content (AvgIpc) is 2.63. The fourth-order valence-electron chi connectivity index (χ4n) is 2.11. The molecular formula is C13H26N2O. The Morgan fingerprint density at radius 2 is 2.00 bits per heavy atom. The summed E-state index contributed by atoms with van der Waals surface area (Å²) in [6, 6.07) is 0. The molecule has 0 aromatic carbocycles. The van der Waals surface area contributed by atoms with Crippen LogP contribution in [0.25, 0.3) is 0 Å². The van der Waals surface area contributed by atoms with Gasteiger partial charge in [0, 0.05) is 25.2 Å². The second kappa shape index (κ2) is 5.80. The van der Waals surface area contributed by atoms with Crippen molar-refractivity contribution in [2.45, 2.75) is 51.4 Å². The van der Waals surface area contributed by atoms with Crippen LogP contribution in [0.15, 0.2) is 12.7 Å². The normalized spacial score (nSPS) is 26.3. The van der Waals surface area contributed by atoms with Gasteiger partial charge < -0.3 is 10.5 Å². The SMILES string of the molecule is C=CCN(CC1CCC(CN)O1)C(C)(C)C. The predicted octanol–water partition coefficient (Wildman–Crippen LogP) is 1.78. The maximum Gasteiger partial charge on any atom is 0.0707 e. The van der Waals surface area contributed by atoms with Crippen LogP contribution in [0.3, 0.4) is 0 Å². The third kappa shape index (κ3) is 3.89. The van der Waals surface area contributed by atoms with Crippen LogP contribution in [0.4, 0.5) is 0 Å². The minimum atomic E-state index is 0.165. The monoisotopic (exact) mass is 226 g/mol. The van der Waals surface area contributed by atoms with E-state index in [-0.39, 0.29) is 11.6 Å². The van der Waals surface area contributed by atoms with Crippen LogP contribution in [0.5, 0.6) is 0 Å². The van der Waals surface area contributed by atoms with Crippen molar-refractivity contribution < 1.29 is 4.74 Å². The maximum atomic E-state index is 5.88. The predicted molar refractivity (Wildman–Crippen MR) is 68.5 cm³/mol. The zero-order chi connectivity index (χ0) is 12.2. The van der Waals surface area contributed by atoms with Gasteiger partial charge in [0.25, 0.3) is 0 Å². The van der Waals surface area contributed by atoms with Gasteiger partial charge in [0.2, 0.25) is 0 Å². The Bertz CT molecular complexity index is 222. The fraction of sp³-hybridized carbons (Fsp3) is 0.846. The first-order valence-electron chi connectivity index (χ1n) is 6.19. The van der Waals surface area contributed by atoms with Crippen molar-refractivity contribution in [1.82, 2.24) is 4.90 Å². The Kier molecular flexibility index (Phi) is 4.96. The molecule has 0 aromatic heterocycles. The highest BCUT2D eigenvalue weighted by Gasteiger charge is 2.29. The molecule has 1 heterocycles. The summed E-state index contributed by atoms with van der Waals surface area (Å²) in [5.74, 6) is 0. The lowest BCUT2D eigenvalue weighted by molar-refractivity contribution is 0.00977. The molecule has 2 unspecified atom stereocenters. The largest absolute Gasteiger partial charge is 0.372 e. The molecule has 3 heteroatoms. The molecule has 0 spiro atoms. The molecule has 2 N–H and O–H groups in total. The van der Waals surface area contributed by atoms with Gasteiger partial charge in [-0.1, -0.05) is 6.08 Å². The first-order valence-corrected chi connectivity index (χ1v) is 6.19. The molecular weight excluding hydrogens is 200 g/mol. The second-order valence-corrected chi connectivity index (χ2v) is 5.56. The van der Waals surface area contributed by atoms with Crippen molar-refractivity contribution in [3.63, 3.8) is 0 Å². The number of hydrogen-bond acceptors (Lipinski definition) is 3. The van der Waals surface area contributed by atoms with Crippen LogP contribution >= 0.6 is 0 Å². The fourth-order valence-corrected chi connectivity index (χ4v) is 2.11. The quantitative estimate of drug-likeness (QED) is 0.726. The molecule has 1 fully saturated rings. The Hall–Kier alpha value is -0.380. The van der Waals surface area contributed by atoms with Gasteiger partial charge in [-0.25, -0.2) is 0 Å². The van der Waals surface area contributed by atoms with Gasteiger partial charge in [0.1, 0.15) is 0 Å². The van der Waals surface area contributed by atoms with Crippen LogP contribution in [0.2, 0.25) is 0 Å². The van der Waals surface area contributed by atoms with Crippen LogP contribution in [-0.2, 0) is 4.74 Å². The minimum Gasteiger partial charge on any atom is -0.372 e. The molecule has 0 bridgehead atoms. The van der Waals surface area contributed by atoms with Gasteiger partial charge in [0.15, 0.2) is 0 Å². The Morgan fingerprint density at radius 1 is 1.38 bits per heavy atom. The molecule has 0 radical (unpaired) electrons. The van der Waals surface area contributed by atoms with E-state index in [0.717, 1.165) is 25.9 Å². The zero-order valence-corrected chi connectivity index (χ0v) is 10.9. The zero-order valence-electron chi connectivity index (χ0n) is 10.9. The molecule has 16 heavy (non-hydrogen) atoms. The summed E-state index contributed by atoms with van der Waals surface area (Å²) in [5.41, 5.74) is 5.78. The van der Waals surface area contributed by atoms with Gasteiger partial charge in [-0.05, 0) is 33.6 Å². The Labute approximate surface area is 99.6 Å². The van der Waals surface area contributed by atoms with E-state index in [1.165, 1.54) is 0 Å². The third-order valence-corrected chi connectivity index (χ3v) is 3.18. The number of nitrogens with zero attached hydrogens (tertiary/aromatic N) is 1. The third-order valence-electron chi connectivity index (χ3n) is 3.18. The lowest BCUT2D eigenvalue weighted by atomic mass is 10.0. The molecule has 1 rings (SSSR count). The lowest BCUT2D eigenvalue weighted by Gasteiger charge is -2.36. The molecule has 94 valence electrons. The van der Waals surface area contributed by atoms with Crippen molar-refractivity contribution in [1.29, 1.82) is 0 Å². The summed E-state index contributed by atoms with van der Waals surface area (Å²) in [6.07, 6.45) is 4.81. The number of rotatable bonds is 5. The molecule has 3 nitrogen and oxygen atoms in total. The lowest BCUT2D eigenvalue weighted by Crippen LogP contribution is -2.45. The van der Waals surface area contributed by atoms with E-state index in [2.05, 4.69) is 32.3 Å². The Morgan fingerprint density at radius 3 is 2.44 bits per heavy atom. The van der Waals surface area contributed by atoms with Gasteiger partial charge in [-0.3, -0.25) is 4.90 Å². The summed E-state index contributed by atoms with van der Waals surface area (Å²) >= 11 is 0. The van der Waals surface area contributed by atoms with Gasteiger partial charge in [0.05, 0.1) is 12.2 Å². The molecule has 1 saturated heterocycles. The van der Waals surface area contributed by atoms with Crippen molar-refractivity contribution in [3.8, 4) is 0 Å². The molecule has 0 saturated carbocycles. The van der Waals surface area contributed by atoms with Gasteiger partial charge >= 0.3 is 0 Å². The minimum absolute atomic E-state index is 0.165. The van der Waals surface area contributed by atoms with E-state index in [9.17, 15) is 0 Å². The molecule has 0 aliphatic carbocycles. The average molecular weight is 226 g/mol. The smallest absolute Gasteiger partial charge is 0.0707 e. The number of ether oxygens (including phenoxy) is 1. The Balaban J connectivity index is 2.46. The van der Waals surface area contributed by atoms with Crippen molar-refractivity contribution >= 4 is 0 Å². The van der Waals surface area contributed by atoms with E-state index < -0.39 is 0 Å². The highest BCUT2D eigenvalue weighted by atomic mass is 16.5. The molecule has 1 aliphatic heterocycles. The maximum absolute atomic E-state index is 5.88. The van der Waals surface area contributed by atoms with E-state index in [1.54, 1.807) is 0 Å². The van der Waals surface area contributed by atoms with E-state index in [0.29, 0.717) is 12.6 Å². The van der Waals surface area contributed by atoms with E-state index in [4.69, 9.17) is 10.5 Å². The van der Waals surface area contributed by atoms with Gasteiger partial charge in [-0.2, -0.15) is 0 Å². The van der Waals surface area contributed by atoms with E-state index >= 15 is 0 Å². The van der Waals surface area contributed by atoms with Crippen molar-refractivity contribution in [2.75, 3.05) is 19.6 Å². The molecule has 1 aliphatic rings. The molecule has 2 atom stereocenters. The van der Waals surface area contributed by atoms with Crippen LogP contribution in [-0.4, -0.2) is 42.3 Å². The summed E-state index contributed by atoms with van der Waals surface area (Å²) in [7, 11) is 0. The standard InChI is InChI=1S/C13H26N2O/c1-5-8-15(13(2,3)4)10-12-7-6-11(9-14)16-12/h5,11-12H,1,6-10,14H2,2-4H3. The molecule has 0 amide bonds. The summed E-state index contributed by atoms with van der Waals surface area (Å²) in [6.45, 7) is 13.0. The van der Waals surface area contributed by atoms with Crippen molar-refractivity contribution in [3.05, 3.63) is 12.7 Å². The summed E-state index contributed by atoms with van der Waals surface area (Å²) in [5, 5.41) is 0. The first-order chi connectivity index (χ1) is 7.47. The van der Waals surface area contributed by atoms with Crippen LogP contribution in [0, 0.1) is 0 Å². The van der Waals surface area contributed by atoms with E-state index in [1.807, 2.05) is 6.08 Å². The molecule has 0 aromatic rings. The topological polar surface area (TPSA) is 38.5 Å². The number of hydrogen-bond donors (Lipinski definition) is 1. The highest BCUT2D eigenvalue weighted by Crippen LogP contribution is 2.22. The van der Waals surface area contributed by atoms with Crippen LogP contribution in [0.1, 0.15) is 33.6 Å². The summed E-state index contributed by atoms with van der Waals surface area (Å²) < 4.78 is 5.88. The van der Waals surface area contributed by atoms with Crippen molar-refractivity contribution in [2.24, 2.45) is 5.73 Å². The second-order valence-electron chi connectivity index (χ2n) is 5.56. The summed E-state index contributed by atoms with van der Waals surface area (Å²) in [4.78, 5) is 2.41. The number of nitrogens with two attached hydrogens (primary N) is 1. The highest BCUT2D eigenvalue weighted by molar-refractivity contribution is 4.86.